The van der Waals surface area contributed by atoms with Crippen LogP contribution in [-0.2, 0) is 4.79 Å². The van der Waals surface area contributed by atoms with Crippen molar-refractivity contribution in [3.63, 3.8) is 0 Å². The molecular formula is C16H35N3O2. The van der Waals surface area contributed by atoms with E-state index in [0.717, 1.165) is 12.8 Å². The van der Waals surface area contributed by atoms with E-state index in [2.05, 4.69) is 26.1 Å². The third-order valence-electron chi connectivity index (χ3n) is 3.78. The molecule has 0 saturated heterocycles. The first kappa shape index (κ1) is 20.3. The number of nitrogens with zero attached hydrogens (tertiary/aromatic N) is 1. The van der Waals surface area contributed by atoms with Crippen molar-refractivity contribution < 1.29 is 9.90 Å². The molecule has 5 heteroatoms. The van der Waals surface area contributed by atoms with Gasteiger partial charge in [-0.1, -0.05) is 20.8 Å². The minimum Gasteiger partial charge on any atom is -0.387 e. The van der Waals surface area contributed by atoms with Crippen LogP contribution in [0.5, 0.6) is 0 Å². The highest BCUT2D eigenvalue weighted by Gasteiger charge is 2.25. The average Bonchev–Trinajstić information content (AvgIpc) is 2.29. The van der Waals surface area contributed by atoms with Gasteiger partial charge in [-0.25, -0.2) is 0 Å². The summed E-state index contributed by atoms with van der Waals surface area (Å²) in [7, 11) is 3.80. The predicted octanol–water partition coefficient (Wildman–Crippen LogP) is 1.21. The summed E-state index contributed by atoms with van der Waals surface area (Å²) in [5.74, 6) is 0.441. The van der Waals surface area contributed by atoms with E-state index in [0.29, 0.717) is 25.4 Å². The highest BCUT2D eigenvalue weighted by atomic mass is 16.3. The Labute approximate surface area is 130 Å². The molecule has 0 spiro atoms. The lowest BCUT2D eigenvalue weighted by atomic mass is 9.76. The number of carbonyl (C=O) groups excluding carboxylic acids is 1. The second-order valence-corrected chi connectivity index (χ2v) is 7.69. The molecule has 126 valence electrons. The van der Waals surface area contributed by atoms with E-state index < -0.39 is 5.60 Å². The highest BCUT2D eigenvalue weighted by Crippen LogP contribution is 2.31. The molecule has 2 atom stereocenters. The molecule has 21 heavy (non-hydrogen) atoms. The van der Waals surface area contributed by atoms with Crippen LogP contribution in [0.15, 0.2) is 0 Å². The summed E-state index contributed by atoms with van der Waals surface area (Å²) in [6.45, 7) is 9.75. The second kappa shape index (κ2) is 8.71. The van der Waals surface area contributed by atoms with Gasteiger partial charge in [0.05, 0.1) is 5.60 Å². The summed E-state index contributed by atoms with van der Waals surface area (Å²) >= 11 is 0. The molecule has 5 nitrogen and oxygen atoms in total. The molecule has 0 aromatic rings. The Kier molecular flexibility index (Phi) is 8.44. The van der Waals surface area contributed by atoms with Crippen LogP contribution in [0.25, 0.3) is 0 Å². The molecule has 0 bridgehead atoms. The first-order chi connectivity index (χ1) is 9.48. The molecule has 4 N–H and O–H groups in total. The van der Waals surface area contributed by atoms with Crippen molar-refractivity contribution in [1.29, 1.82) is 0 Å². The van der Waals surface area contributed by atoms with Gasteiger partial charge in [0.25, 0.3) is 0 Å². The Balaban J connectivity index is 4.20. The fourth-order valence-electron chi connectivity index (χ4n) is 2.63. The van der Waals surface area contributed by atoms with Gasteiger partial charge in [-0.05, 0) is 51.7 Å². The van der Waals surface area contributed by atoms with E-state index in [9.17, 15) is 9.90 Å². The first-order valence-corrected chi connectivity index (χ1v) is 7.82. The maximum atomic E-state index is 11.9. The zero-order chi connectivity index (χ0) is 16.7. The van der Waals surface area contributed by atoms with Gasteiger partial charge in [-0.15, -0.1) is 0 Å². The third-order valence-corrected chi connectivity index (χ3v) is 3.78. The summed E-state index contributed by atoms with van der Waals surface area (Å²) in [5.41, 5.74) is 4.92. The quantitative estimate of drug-likeness (QED) is 0.598. The van der Waals surface area contributed by atoms with Gasteiger partial charge in [0.15, 0.2) is 0 Å². The van der Waals surface area contributed by atoms with E-state index in [1.165, 1.54) is 0 Å². The van der Waals surface area contributed by atoms with E-state index in [4.69, 9.17) is 5.73 Å². The van der Waals surface area contributed by atoms with Gasteiger partial charge in [0.1, 0.15) is 0 Å². The Hall–Kier alpha value is -0.650. The Morgan fingerprint density at radius 1 is 1.24 bits per heavy atom. The normalized spacial score (nSPS) is 16.6. The smallest absolute Gasteiger partial charge is 0.220 e. The van der Waals surface area contributed by atoms with Gasteiger partial charge < -0.3 is 21.1 Å². The van der Waals surface area contributed by atoms with Crippen LogP contribution >= 0.6 is 0 Å². The molecule has 0 fully saturated rings. The minimum atomic E-state index is -0.903. The fraction of sp³-hybridized carbons (Fsp3) is 0.938. The van der Waals surface area contributed by atoms with Gasteiger partial charge >= 0.3 is 0 Å². The molecule has 0 heterocycles. The second-order valence-electron chi connectivity index (χ2n) is 7.69. The standard InChI is InChI=1S/C16H35N3O2/c1-15(2,3)13(9-10-17)7-8-14(20)18-11-16(4,21)12-19(5)6/h13,21H,7-12,17H2,1-6H3,(H,18,20). The van der Waals surface area contributed by atoms with Gasteiger partial charge in [0, 0.05) is 19.5 Å². The Morgan fingerprint density at radius 2 is 1.81 bits per heavy atom. The molecule has 0 aliphatic heterocycles. The van der Waals surface area contributed by atoms with Crippen molar-refractivity contribution in [3.05, 3.63) is 0 Å². The van der Waals surface area contributed by atoms with E-state index >= 15 is 0 Å². The van der Waals surface area contributed by atoms with Crippen molar-refractivity contribution in [2.24, 2.45) is 17.1 Å². The maximum Gasteiger partial charge on any atom is 0.220 e. The molecule has 0 aliphatic rings. The zero-order valence-electron chi connectivity index (χ0n) is 14.7. The fourth-order valence-corrected chi connectivity index (χ4v) is 2.63. The Bertz CT molecular complexity index is 309. The number of aliphatic hydroxyl groups is 1. The van der Waals surface area contributed by atoms with E-state index in [1.54, 1.807) is 6.92 Å². The van der Waals surface area contributed by atoms with Crippen LogP contribution in [0.3, 0.4) is 0 Å². The lowest BCUT2D eigenvalue weighted by molar-refractivity contribution is -0.122. The number of rotatable bonds is 9. The summed E-state index contributed by atoms with van der Waals surface area (Å²) in [5, 5.41) is 13.0. The summed E-state index contributed by atoms with van der Waals surface area (Å²) in [6.07, 6.45) is 2.26. The third kappa shape index (κ3) is 9.82. The van der Waals surface area contributed by atoms with Crippen molar-refractivity contribution in [1.82, 2.24) is 10.2 Å². The number of likely N-dealkylation sites (N-methyl/N-ethyl adjacent to an activating group) is 1. The zero-order valence-corrected chi connectivity index (χ0v) is 14.7. The molecule has 2 unspecified atom stereocenters. The van der Waals surface area contributed by atoms with Crippen LogP contribution in [0.2, 0.25) is 0 Å². The topological polar surface area (TPSA) is 78.6 Å². The van der Waals surface area contributed by atoms with Crippen molar-refractivity contribution >= 4 is 5.91 Å². The van der Waals surface area contributed by atoms with Crippen LogP contribution in [-0.4, -0.2) is 55.2 Å². The largest absolute Gasteiger partial charge is 0.387 e. The molecule has 0 rings (SSSR count). The van der Waals surface area contributed by atoms with Crippen molar-refractivity contribution in [2.45, 2.75) is 52.6 Å². The molecule has 1 amide bonds. The molecule has 0 aromatic heterocycles. The predicted molar refractivity (Wildman–Crippen MR) is 88.0 cm³/mol. The lowest BCUT2D eigenvalue weighted by Crippen LogP contribution is -2.47. The number of hydrogen-bond acceptors (Lipinski definition) is 4. The number of amides is 1. The minimum absolute atomic E-state index is 0.000280. The molecule has 0 saturated carbocycles. The number of carbonyl (C=O) groups is 1. The van der Waals surface area contributed by atoms with Crippen LogP contribution in [0.4, 0.5) is 0 Å². The molecular weight excluding hydrogens is 266 g/mol. The van der Waals surface area contributed by atoms with Crippen LogP contribution in [0.1, 0.15) is 47.0 Å². The van der Waals surface area contributed by atoms with Crippen LogP contribution in [0, 0.1) is 11.3 Å². The maximum absolute atomic E-state index is 11.9. The van der Waals surface area contributed by atoms with Crippen molar-refractivity contribution in [3.8, 4) is 0 Å². The number of nitrogens with two attached hydrogens (primary N) is 1. The Morgan fingerprint density at radius 3 is 2.24 bits per heavy atom. The lowest BCUT2D eigenvalue weighted by Gasteiger charge is -2.31. The van der Waals surface area contributed by atoms with E-state index in [-0.39, 0.29) is 17.9 Å². The average molecular weight is 301 g/mol. The molecule has 0 aromatic carbocycles. The number of hydrogen-bond donors (Lipinski definition) is 3. The molecule has 0 aliphatic carbocycles. The highest BCUT2D eigenvalue weighted by molar-refractivity contribution is 5.75. The van der Waals surface area contributed by atoms with Crippen molar-refractivity contribution in [2.75, 3.05) is 33.7 Å². The number of nitrogens with one attached hydrogen (secondary N) is 1. The monoisotopic (exact) mass is 301 g/mol. The summed E-state index contributed by atoms with van der Waals surface area (Å²) < 4.78 is 0. The SMILES string of the molecule is CN(C)CC(C)(O)CNC(=O)CCC(CCN)C(C)(C)C. The van der Waals surface area contributed by atoms with Gasteiger partial charge in [-0.3, -0.25) is 4.79 Å². The van der Waals surface area contributed by atoms with Crippen LogP contribution < -0.4 is 11.1 Å². The molecule has 0 radical (unpaired) electrons. The van der Waals surface area contributed by atoms with Gasteiger partial charge in [-0.2, -0.15) is 0 Å². The summed E-state index contributed by atoms with van der Waals surface area (Å²) in [6, 6.07) is 0. The first-order valence-electron chi connectivity index (χ1n) is 7.82. The van der Waals surface area contributed by atoms with E-state index in [1.807, 2.05) is 19.0 Å². The summed E-state index contributed by atoms with van der Waals surface area (Å²) in [4.78, 5) is 13.8. The van der Waals surface area contributed by atoms with Gasteiger partial charge in [0.2, 0.25) is 5.91 Å².